The Morgan fingerprint density at radius 3 is 2.48 bits per heavy atom. The van der Waals surface area contributed by atoms with Crippen molar-refractivity contribution < 1.29 is 9.21 Å². The summed E-state index contributed by atoms with van der Waals surface area (Å²) in [5.41, 5.74) is 0.451. The van der Waals surface area contributed by atoms with Crippen LogP contribution in [0.5, 0.6) is 0 Å². The zero-order valence-corrected chi connectivity index (χ0v) is 16.8. The number of hydrogen-bond acceptors (Lipinski definition) is 3. The first-order valence-corrected chi connectivity index (χ1v) is 8.90. The van der Waals surface area contributed by atoms with E-state index in [1.807, 2.05) is 0 Å². The number of halogens is 5. The minimum absolute atomic E-state index is 0.0535. The summed E-state index contributed by atoms with van der Waals surface area (Å²) in [5, 5.41) is 8.89. The molecule has 134 valence electrons. The highest BCUT2D eigenvalue weighted by Gasteiger charge is 2.35. The summed E-state index contributed by atoms with van der Waals surface area (Å²) in [6.07, 6.45) is 0.202. The monoisotopic (exact) mass is 459 g/mol. The van der Waals surface area contributed by atoms with Gasteiger partial charge in [0.2, 0.25) is 3.79 Å². The molecule has 0 aliphatic heterocycles. The maximum absolute atomic E-state index is 12.1. The third kappa shape index (κ3) is 6.09. The van der Waals surface area contributed by atoms with Gasteiger partial charge < -0.3 is 20.4 Å². The molecule has 0 saturated carbocycles. The Kier molecular flexibility index (Phi) is 7.08. The van der Waals surface area contributed by atoms with Crippen LogP contribution in [0.4, 0.5) is 5.69 Å². The van der Waals surface area contributed by atoms with Crippen LogP contribution in [-0.2, 0) is 0 Å². The second-order valence-electron chi connectivity index (χ2n) is 4.65. The number of benzene rings is 1. The predicted octanol–water partition coefficient (Wildman–Crippen LogP) is 5.00. The van der Waals surface area contributed by atoms with E-state index in [1.54, 1.807) is 24.3 Å². The van der Waals surface area contributed by atoms with Crippen LogP contribution in [0, 0.1) is 0 Å². The van der Waals surface area contributed by atoms with Gasteiger partial charge in [0.25, 0.3) is 5.91 Å². The van der Waals surface area contributed by atoms with Gasteiger partial charge in [-0.2, -0.15) is 0 Å². The molecule has 2 rings (SSSR count). The third-order valence-electron chi connectivity index (χ3n) is 2.80. The first-order chi connectivity index (χ1) is 11.7. The number of furan rings is 1. The van der Waals surface area contributed by atoms with E-state index in [1.165, 1.54) is 12.3 Å². The zero-order valence-electron chi connectivity index (χ0n) is 12.2. The molecule has 0 spiro atoms. The van der Waals surface area contributed by atoms with Crippen LogP contribution >= 0.6 is 70.2 Å². The second kappa shape index (κ2) is 8.66. The fourth-order valence-electron chi connectivity index (χ4n) is 1.69. The van der Waals surface area contributed by atoms with Crippen LogP contribution in [0.15, 0.2) is 41.0 Å². The minimum atomic E-state index is -1.90. The Labute approximate surface area is 173 Å². The molecule has 1 amide bonds. The molecule has 0 bridgehead atoms. The van der Waals surface area contributed by atoms with E-state index < -0.39 is 15.9 Å². The van der Waals surface area contributed by atoms with Crippen molar-refractivity contribution in [2.45, 2.75) is 9.96 Å². The lowest BCUT2D eigenvalue weighted by Gasteiger charge is -2.27. The predicted molar refractivity (Wildman–Crippen MR) is 106 cm³/mol. The van der Waals surface area contributed by atoms with Crippen molar-refractivity contribution >= 4 is 86.9 Å². The average Bonchev–Trinajstić information content (AvgIpc) is 3.03. The van der Waals surface area contributed by atoms with Crippen molar-refractivity contribution in [3.8, 4) is 0 Å². The summed E-state index contributed by atoms with van der Waals surface area (Å²) >= 11 is 34.8. The van der Waals surface area contributed by atoms with Crippen LogP contribution in [0.1, 0.15) is 10.6 Å². The number of carbonyl (C=O) groups excluding carboxylic acids is 1. The highest BCUT2D eigenvalue weighted by Crippen LogP contribution is 2.30. The molecule has 0 aliphatic rings. The number of thiocarbonyl (C=S) groups is 1. The van der Waals surface area contributed by atoms with Gasteiger partial charge in [0.15, 0.2) is 10.9 Å². The average molecular weight is 462 g/mol. The van der Waals surface area contributed by atoms with Gasteiger partial charge in [-0.3, -0.25) is 4.79 Å². The van der Waals surface area contributed by atoms with Gasteiger partial charge in [-0.15, -0.1) is 0 Å². The normalized spacial score (nSPS) is 12.4. The second-order valence-corrected chi connectivity index (χ2v) is 8.27. The molecular weight excluding hydrogens is 452 g/mol. The highest BCUT2D eigenvalue weighted by molar-refractivity contribution is 7.80. The molecule has 0 radical (unpaired) electrons. The minimum Gasteiger partial charge on any atom is -0.459 e. The van der Waals surface area contributed by atoms with Crippen LogP contribution in [-0.4, -0.2) is 21.0 Å². The molecule has 0 fully saturated rings. The van der Waals surface area contributed by atoms with E-state index in [9.17, 15) is 4.79 Å². The maximum atomic E-state index is 12.1. The van der Waals surface area contributed by atoms with Crippen molar-refractivity contribution in [2.24, 2.45) is 0 Å². The first kappa shape index (κ1) is 20.4. The van der Waals surface area contributed by atoms with E-state index in [2.05, 4.69) is 16.0 Å². The maximum Gasteiger partial charge on any atom is 0.288 e. The van der Waals surface area contributed by atoms with Crippen molar-refractivity contribution in [3.05, 3.63) is 52.4 Å². The quantitative estimate of drug-likeness (QED) is 0.340. The summed E-state index contributed by atoms with van der Waals surface area (Å²) < 4.78 is 3.09. The molecule has 2 aromatic rings. The molecule has 0 unspecified atom stereocenters. The zero-order chi connectivity index (χ0) is 18.6. The van der Waals surface area contributed by atoms with Crippen molar-refractivity contribution in [1.29, 1.82) is 0 Å². The Hall–Kier alpha value is -0.890. The fraction of sp³-hybridized carbons (Fsp3) is 0.143. The van der Waals surface area contributed by atoms with Gasteiger partial charge in [0, 0.05) is 5.02 Å². The fourth-order valence-corrected chi connectivity index (χ4v) is 2.58. The first-order valence-electron chi connectivity index (χ1n) is 6.60. The molecule has 11 heteroatoms. The molecule has 5 nitrogen and oxygen atoms in total. The van der Waals surface area contributed by atoms with E-state index in [0.29, 0.717) is 15.7 Å². The molecule has 0 aliphatic carbocycles. The lowest BCUT2D eigenvalue weighted by Crippen LogP contribution is -2.56. The lowest BCUT2D eigenvalue weighted by atomic mass is 10.3. The van der Waals surface area contributed by atoms with E-state index in [0.717, 1.165) is 0 Å². The van der Waals surface area contributed by atoms with Crippen LogP contribution < -0.4 is 16.0 Å². The van der Waals surface area contributed by atoms with Crippen LogP contribution in [0.25, 0.3) is 0 Å². The number of nitrogens with one attached hydrogen (secondary N) is 3. The summed E-state index contributed by atoms with van der Waals surface area (Å²) in [7, 11) is 0. The summed E-state index contributed by atoms with van der Waals surface area (Å²) in [4.78, 5) is 12.1. The van der Waals surface area contributed by atoms with E-state index in [4.69, 9.17) is 74.6 Å². The number of amides is 1. The van der Waals surface area contributed by atoms with Crippen molar-refractivity contribution in [1.82, 2.24) is 10.6 Å². The highest BCUT2D eigenvalue weighted by atomic mass is 35.6. The number of carbonyl (C=O) groups is 1. The number of anilines is 1. The standard InChI is InChI=1S/C14H10Cl5N3O2S/c15-7-3-4-8(16)9(6-7)20-13(25)22-12(14(17,18)19)21-11(23)10-2-1-5-24-10/h1-6,12H,(H,21,23)(H2,20,22,25)/t12-/m0/s1. The van der Waals surface area contributed by atoms with Crippen LogP contribution in [0.2, 0.25) is 10.0 Å². The van der Waals surface area contributed by atoms with Crippen LogP contribution in [0.3, 0.4) is 0 Å². The summed E-state index contributed by atoms with van der Waals surface area (Å²) in [5.74, 6) is -0.532. The lowest BCUT2D eigenvalue weighted by molar-refractivity contribution is 0.0906. The number of hydrogen-bond donors (Lipinski definition) is 3. The molecule has 1 heterocycles. The summed E-state index contributed by atoms with van der Waals surface area (Å²) in [6.45, 7) is 0. The molecule has 1 atom stereocenters. The molecule has 25 heavy (non-hydrogen) atoms. The topological polar surface area (TPSA) is 66.3 Å². The van der Waals surface area contributed by atoms with Gasteiger partial charge in [0.1, 0.15) is 6.17 Å². The largest absolute Gasteiger partial charge is 0.459 e. The molecular formula is C14H10Cl5N3O2S. The molecule has 1 aromatic carbocycles. The Morgan fingerprint density at radius 2 is 1.88 bits per heavy atom. The van der Waals surface area contributed by atoms with Crippen molar-refractivity contribution in [2.75, 3.05) is 5.32 Å². The Morgan fingerprint density at radius 1 is 1.16 bits per heavy atom. The number of rotatable bonds is 4. The van der Waals surface area contributed by atoms with Gasteiger partial charge >= 0.3 is 0 Å². The van der Waals surface area contributed by atoms with Gasteiger partial charge in [-0.25, -0.2) is 0 Å². The smallest absolute Gasteiger partial charge is 0.288 e. The summed E-state index contributed by atoms with van der Waals surface area (Å²) in [6, 6.07) is 7.82. The van der Waals surface area contributed by atoms with Crippen molar-refractivity contribution in [3.63, 3.8) is 0 Å². The van der Waals surface area contributed by atoms with Gasteiger partial charge in [-0.05, 0) is 42.5 Å². The molecule has 3 N–H and O–H groups in total. The third-order valence-corrected chi connectivity index (χ3v) is 4.24. The van der Waals surface area contributed by atoms with E-state index in [-0.39, 0.29) is 10.9 Å². The Bertz CT molecular complexity index is 764. The van der Waals surface area contributed by atoms with Gasteiger partial charge in [-0.1, -0.05) is 58.0 Å². The van der Waals surface area contributed by atoms with Gasteiger partial charge in [0.05, 0.1) is 17.0 Å². The van der Waals surface area contributed by atoms with E-state index >= 15 is 0 Å². The SMILES string of the molecule is O=C(N[C@@H](NC(=S)Nc1cc(Cl)ccc1Cl)C(Cl)(Cl)Cl)c1ccco1. The Balaban J connectivity index is 2.07. The molecule has 1 aromatic heterocycles. The number of alkyl halides is 3. The molecule has 0 saturated heterocycles.